The smallest absolute Gasteiger partial charge is 0.129 e. The van der Waals surface area contributed by atoms with E-state index in [1.54, 1.807) is 6.07 Å². The Labute approximate surface area is 113 Å². The van der Waals surface area contributed by atoms with Gasteiger partial charge in [-0.25, -0.2) is 4.98 Å². The van der Waals surface area contributed by atoms with Crippen LogP contribution in [0.5, 0.6) is 0 Å². The number of hydrogen-bond donors (Lipinski definition) is 0. The SMILES string of the molecule is CCCN(Cc1nc(Cl)ccc1Cl)CC1CC1. The zero-order valence-electron chi connectivity index (χ0n) is 10.1. The first-order valence-corrected chi connectivity index (χ1v) is 6.98. The molecule has 0 bridgehead atoms. The number of nitrogens with zero attached hydrogens (tertiary/aromatic N) is 2. The van der Waals surface area contributed by atoms with Crippen LogP contribution in [0, 0.1) is 5.92 Å². The van der Waals surface area contributed by atoms with Crippen LogP contribution in [0.15, 0.2) is 12.1 Å². The maximum absolute atomic E-state index is 6.14. The van der Waals surface area contributed by atoms with Crippen molar-refractivity contribution in [1.82, 2.24) is 9.88 Å². The van der Waals surface area contributed by atoms with E-state index < -0.39 is 0 Å². The fourth-order valence-electron chi connectivity index (χ4n) is 2.00. The molecule has 1 fully saturated rings. The molecule has 0 spiro atoms. The van der Waals surface area contributed by atoms with E-state index in [1.807, 2.05) is 6.07 Å². The van der Waals surface area contributed by atoms with Gasteiger partial charge in [-0.05, 0) is 43.9 Å². The highest BCUT2D eigenvalue weighted by Crippen LogP contribution is 2.30. The van der Waals surface area contributed by atoms with Crippen LogP contribution in [0.1, 0.15) is 31.9 Å². The van der Waals surface area contributed by atoms with Gasteiger partial charge >= 0.3 is 0 Å². The van der Waals surface area contributed by atoms with Gasteiger partial charge in [-0.3, -0.25) is 4.90 Å². The van der Waals surface area contributed by atoms with Gasteiger partial charge in [0.25, 0.3) is 0 Å². The summed E-state index contributed by atoms with van der Waals surface area (Å²) in [5.41, 5.74) is 0.897. The Bertz CT molecular complexity index is 378. The summed E-state index contributed by atoms with van der Waals surface area (Å²) in [6.45, 7) is 5.27. The van der Waals surface area contributed by atoms with E-state index in [1.165, 1.54) is 19.4 Å². The molecule has 0 unspecified atom stereocenters. The van der Waals surface area contributed by atoms with Crippen molar-refractivity contribution < 1.29 is 0 Å². The first-order valence-electron chi connectivity index (χ1n) is 6.22. The van der Waals surface area contributed by atoms with E-state index >= 15 is 0 Å². The molecule has 2 nitrogen and oxygen atoms in total. The minimum Gasteiger partial charge on any atom is -0.297 e. The minimum atomic E-state index is 0.521. The first-order chi connectivity index (χ1) is 8.19. The summed E-state index contributed by atoms with van der Waals surface area (Å²) < 4.78 is 0. The van der Waals surface area contributed by atoms with Crippen molar-refractivity contribution in [3.63, 3.8) is 0 Å². The van der Waals surface area contributed by atoms with E-state index in [9.17, 15) is 0 Å². The fraction of sp³-hybridized carbons (Fsp3) is 0.615. The first kappa shape index (κ1) is 13.1. The van der Waals surface area contributed by atoms with Crippen molar-refractivity contribution in [1.29, 1.82) is 0 Å². The van der Waals surface area contributed by atoms with Crippen LogP contribution < -0.4 is 0 Å². The van der Waals surface area contributed by atoms with Crippen LogP contribution in [-0.2, 0) is 6.54 Å². The van der Waals surface area contributed by atoms with Crippen molar-refractivity contribution >= 4 is 23.2 Å². The lowest BCUT2D eigenvalue weighted by molar-refractivity contribution is 0.252. The van der Waals surface area contributed by atoms with Crippen LogP contribution in [0.2, 0.25) is 10.2 Å². The molecule has 17 heavy (non-hydrogen) atoms. The molecule has 0 aromatic carbocycles. The van der Waals surface area contributed by atoms with Gasteiger partial charge < -0.3 is 0 Å². The Morgan fingerprint density at radius 3 is 2.76 bits per heavy atom. The molecule has 1 aromatic heterocycles. The van der Waals surface area contributed by atoms with Crippen molar-refractivity contribution in [2.24, 2.45) is 5.92 Å². The number of rotatable bonds is 6. The molecule has 1 saturated carbocycles. The third-order valence-electron chi connectivity index (χ3n) is 3.01. The van der Waals surface area contributed by atoms with Gasteiger partial charge in [-0.2, -0.15) is 0 Å². The van der Waals surface area contributed by atoms with E-state index in [-0.39, 0.29) is 0 Å². The highest BCUT2D eigenvalue weighted by molar-refractivity contribution is 6.32. The topological polar surface area (TPSA) is 16.1 Å². The average molecular weight is 273 g/mol. The Morgan fingerprint density at radius 1 is 1.35 bits per heavy atom. The van der Waals surface area contributed by atoms with Gasteiger partial charge in [0.15, 0.2) is 0 Å². The maximum atomic E-state index is 6.14. The second-order valence-electron chi connectivity index (χ2n) is 4.74. The van der Waals surface area contributed by atoms with Gasteiger partial charge in [-0.1, -0.05) is 30.1 Å². The lowest BCUT2D eigenvalue weighted by Gasteiger charge is -2.21. The van der Waals surface area contributed by atoms with Gasteiger partial charge in [0.1, 0.15) is 5.15 Å². The third kappa shape index (κ3) is 4.13. The van der Waals surface area contributed by atoms with Crippen LogP contribution >= 0.6 is 23.2 Å². The summed E-state index contributed by atoms with van der Waals surface area (Å²) in [5, 5.41) is 1.23. The summed E-state index contributed by atoms with van der Waals surface area (Å²) in [5.74, 6) is 0.888. The van der Waals surface area contributed by atoms with Crippen molar-refractivity contribution in [3.05, 3.63) is 28.0 Å². The second-order valence-corrected chi connectivity index (χ2v) is 5.54. The molecular weight excluding hydrogens is 255 g/mol. The molecule has 94 valence electrons. The quantitative estimate of drug-likeness (QED) is 0.728. The van der Waals surface area contributed by atoms with E-state index in [0.717, 1.165) is 31.1 Å². The lowest BCUT2D eigenvalue weighted by atomic mass is 10.3. The van der Waals surface area contributed by atoms with E-state index in [4.69, 9.17) is 23.2 Å². The van der Waals surface area contributed by atoms with E-state index in [2.05, 4.69) is 16.8 Å². The molecule has 0 atom stereocenters. The number of aromatic nitrogens is 1. The number of hydrogen-bond acceptors (Lipinski definition) is 2. The molecule has 0 N–H and O–H groups in total. The normalized spacial score (nSPS) is 15.5. The van der Waals surface area contributed by atoms with Gasteiger partial charge in [-0.15, -0.1) is 0 Å². The zero-order valence-corrected chi connectivity index (χ0v) is 11.6. The molecule has 0 radical (unpaired) electrons. The van der Waals surface area contributed by atoms with E-state index in [0.29, 0.717) is 10.2 Å². The Balaban J connectivity index is 2.01. The largest absolute Gasteiger partial charge is 0.297 e. The molecule has 0 amide bonds. The summed E-state index contributed by atoms with van der Waals surface area (Å²) >= 11 is 12.1. The summed E-state index contributed by atoms with van der Waals surface area (Å²) in [6, 6.07) is 3.56. The Morgan fingerprint density at radius 2 is 2.12 bits per heavy atom. The monoisotopic (exact) mass is 272 g/mol. The van der Waals surface area contributed by atoms with Crippen LogP contribution in [-0.4, -0.2) is 23.0 Å². The Hall–Kier alpha value is -0.310. The summed E-state index contributed by atoms with van der Waals surface area (Å²) in [7, 11) is 0. The fourth-order valence-corrected chi connectivity index (χ4v) is 2.33. The molecule has 1 aliphatic rings. The van der Waals surface area contributed by atoms with Crippen LogP contribution in [0.4, 0.5) is 0 Å². The molecule has 4 heteroatoms. The molecule has 0 aliphatic heterocycles. The third-order valence-corrected chi connectivity index (χ3v) is 3.57. The highest BCUT2D eigenvalue weighted by Gasteiger charge is 2.24. The van der Waals surface area contributed by atoms with Gasteiger partial charge in [0.05, 0.1) is 10.7 Å². The lowest BCUT2D eigenvalue weighted by Crippen LogP contribution is -2.27. The number of halogens is 2. The zero-order chi connectivity index (χ0) is 12.3. The average Bonchev–Trinajstić information content (AvgIpc) is 3.08. The maximum Gasteiger partial charge on any atom is 0.129 e. The van der Waals surface area contributed by atoms with Gasteiger partial charge in [0, 0.05) is 13.1 Å². The Kier molecular flexibility index (Phi) is 4.66. The predicted octanol–water partition coefficient (Wildman–Crippen LogP) is 4.01. The van der Waals surface area contributed by atoms with Crippen molar-refractivity contribution in [2.45, 2.75) is 32.7 Å². The standard InChI is InChI=1S/C13H18Cl2N2/c1-2-7-17(8-10-3-4-10)9-12-11(14)5-6-13(15)16-12/h5-6,10H,2-4,7-9H2,1H3. The molecule has 1 aliphatic carbocycles. The highest BCUT2D eigenvalue weighted by atomic mass is 35.5. The summed E-state index contributed by atoms with van der Waals surface area (Å²) in [6.07, 6.45) is 3.90. The van der Waals surface area contributed by atoms with Crippen molar-refractivity contribution in [3.8, 4) is 0 Å². The molecule has 2 rings (SSSR count). The molecule has 1 aromatic rings. The number of pyridine rings is 1. The minimum absolute atomic E-state index is 0.521. The van der Waals surface area contributed by atoms with Gasteiger partial charge in [0.2, 0.25) is 0 Å². The van der Waals surface area contributed by atoms with Crippen LogP contribution in [0.3, 0.4) is 0 Å². The van der Waals surface area contributed by atoms with Crippen LogP contribution in [0.25, 0.3) is 0 Å². The second kappa shape index (κ2) is 6.03. The molecule has 0 saturated heterocycles. The van der Waals surface area contributed by atoms with Crippen molar-refractivity contribution in [2.75, 3.05) is 13.1 Å². The predicted molar refractivity (Wildman–Crippen MR) is 72.5 cm³/mol. The molecular formula is C13H18Cl2N2. The summed E-state index contributed by atoms with van der Waals surface area (Å²) in [4.78, 5) is 6.75. The molecule has 1 heterocycles.